The molecule has 0 fully saturated rings. The Bertz CT molecular complexity index is 805. The van der Waals surface area contributed by atoms with E-state index in [1.165, 1.54) is 19.2 Å². The molecule has 0 saturated carbocycles. The molecule has 0 aromatic heterocycles. The molecule has 6 nitrogen and oxygen atoms in total. The second-order valence-corrected chi connectivity index (χ2v) is 7.43. The number of anilines is 1. The topological polar surface area (TPSA) is 84.5 Å². The molecule has 128 valence electrons. The van der Waals surface area contributed by atoms with Crippen LogP contribution in [0.25, 0.3) is 0 Å². The summed E-state index contributed by atoms with van der Waals surface area (Å²) >= 11 is 1.55. The lowest BCUT2D eigenvalue weighted by molar-refractivity contribution is -0.115. The quantitative estimate of drug-likeness (QED) is 0.735. The van der Waals surface area contributed by atoms with Gasteiger partial charge < -0.3 is 10.1 Å². The van der Waals surface area contributed by atoms with Gasteiger partial charge in [0.1, 0.15) is 5.75 Å². The molecule has 0 spiro atoms. The summed E-state index contributed by atoms with van der Waals surface area (Å²) in [5.74, 6) is 0.116. The largest absolute Gasteiger partial charge is 0.497 e. The van der Waals surface area contributed by atoms with Crippen LogP contribution in [-0.4, -0.2) is 34.2 Å². The molecule has 0 unspecified atom stereocenters. The molecular weight excluding hydrogens is 348 g/mol. The van der Waals surface area contributed by atoms with E-state index in [1.54, 1.807) is 30.0 Å². The van der Waals surface area contributed by atoms with Crippen LogP contribution in [0.4, 0.5) is 5.69 Å². The molecule has 0 bridgehead atoms. The summed E-state index contributed by atoms with van der Waals surface area (Å²) in [6.45, 7) is -0.349. The molecule has 0 aliphatic rings. The molecular formula is C16H18N2O4S2. The number of rotatable bonds is 7. The van der Waals surface area contributed by atoms with Crippen LogP contribution >= 0.6 is 11.8 Å². The molecule has 0 atom stereocenters. The van der Waals surface area contributed by atoms with Gasteiger partial charge in [0.05, 0.1) is 18.6 Å². The normalized spacial score (nSPS) is 11.1. The van der Waals surface area contributed by atoms with Gasteiger partial charge in [-0.15, -0.1) is 11.8 Å². The van der Waals surface area contributed by atoms with Crippen molar-refractivity contribution in [3.8, 4) is 5.75 Å². The minimum atomic E-state index is -3.76. The van der Waals surface area contributed by atoms with E-state index >= 15 is 0 Å². The van der Waals surface area contributed by atoms with Crippen LogP contribution in [0, 0.1) is 0 Å². The van der Waals surface area contributed by atoms with E-state index in [-0.39, 0.29) is 11.4 Å². The molecule has 8 heteroatoms. The van der Waals surface area contributed by atoms with Crippen molar-refractivity contribution >= 4 is 33.4 Å². The van der Waals surface area contributed by atoms with E-state index in [9.17, 15) is 13.2 Å². The van der Waals surface area contributed by atoms with Crippen LogP contribution in [0.2, 0.25) is 0 Å². The number of hydrogen-bond donors (Lipinski definition) is 2. The van der Waals surface area contributed by atoms with Gasteiger partial charge >= 0.3 is 0 Å². The Morgan fingerprint density at radius 3 is 2.50 bits per heavy atom. The maximum Gasteiger partial charge on any atom is 0.241 e. The molecule has 2 aromatic rings. The highest BCUT2D eigenvalue weighted by atomic mass is 32.2. The highest BCUT2D eigenvalue weighted by Gasteiger charge is 2.15. The number of thioether (sulfide) groups is 1. The molecule has 24 heavy (non-hydrogen) atoms. The van der Waals surface area contributed by atoms with Crippen LogP contribution in [0.5, 0.6) is 5.75 Å². The Morgan fingerprint density at radius 2 is 1.88 bits per heavy atom. The molecule has 2 N–H and O–H groups in total. The number of nitrogens with one attached hydrogen (secondary N) is 2. The number of sulfonamides is 1. The first-order valence-corrected chi connectivity index (χ1v) is 9.73. The molecule has 2 rings (SSSR count). The monoisotopic (exact) mass is 366 g/mol. The maximum atomic E-state index is 12.2. The molecule has 1 amide bonds. The maximum absolute atomic E-state index is 12.2. The van der Waals surface area contributed by atoms with E-state index in [4.69, 9.17) is 4.74 Å². The number of methoxy groups -OCH3 is 1. The number of hydrogen-bond acceptors (Lipinski definition) is 5. The lowest BCUT2D eigenvalue weighted by Crippen LogP contribution is -2.32. The number of carbonyl (C=O) groups is 1. The van der Waals surface area contributed by atoms with Crippen LogP contribution in [0.1, 0.15) is 0 Å². The van der Waals surface area contributed by atoms with Gasteiger partial charge in [-0.05, 0) is 48.7 Å². The van der Waals surface area contributed by atoms with Crippen molar-refractivity contribution < 1.29 is 17.9 Å². The molecule has 0 radical (unpaired) electrons. The minimum Gasteiger partial charge on any atom is -0.497 e. The fraction of sp³-hybridized carbons (Fsp3) is 0.188. The van der Waals surface area contributed by atoms with Gasteiger partial charge in [-0.3, -0.25) is 4.79 Å². The van der Waals surface area contributed by atoms with Gasteiger partial charge in [-0.2, -0.15) is 0 Å². The predicted octanol–water partition coefficient (Wildman–Crippen LogP) is 2.33. The fourth-order valence-electron chi connectivity index (χ4n) is 1.90. The first kappa shape index (κ1) is 18.3. The van der Waals surface area contributed by atoms with Crippen LogP contribution in [0.15, 0.2) is 58.3 Å². The van der Waals surface area contributed by atoms with Crippen molar-refractivity contribution in [2.24, 2.45) is 0 Å². The highest BCUT2D eigenvalue weighted by molar-refractivity contribution is 7.98. The summed E-state index contributed by atoms with van der Waals surface area (Å²) in [5.41, 5.74) is 0.621. The number of carbonyl (C=O) groups excluding carboxylic acids is 1. The average Bonchev–Trinajstić information content (AvgIpc) is 2.60. The zero-order valence-electron chi connectivity index (χ0n) is 13.3. The van der Waals surface area contributed by atoms with E-state index in [1.807, 2.05) is 24.5 Å². The lowest BCUT2D eigenvalue weighted by atomic mass is 10.3. The van der Waals surface area contributed by atoms with Gasteiger partial charge in [0.25, 0.3) is 0 Å². The van der Waals surface area contributed by atoms with Gasteiger partial charge in [0.15, 0.2) is 0 Å². The van der Waals surface area contributed by atoms with E-state index < -0.39 is 15.9 Å². The Balaban J connectivity index is 1.96. The van der Waals surface area contributed by atoms with Crippen molar-refractivity contribution in [3.63, 3.8) is 0 Å². The van der Waals surface area contributed by atoms with Crippen molar-refractivity contribution in [2.45, 2.75) is 9.79 Å². The first-order valence-electron chi connectivity index (χ1n) is 7.02. The summed E-state index contributed by atoms with van der Waals surface area (Å²) in [5, 5.41) is 2.66. The lowest BCUT2D eigenvalue weighted by Gasteiger charge is -2.09. The standard InChI is InChI=1S/C16H18N2O4S2/c1-22-13-6-8-15(9-7-13)24(20,21)17-11-16(19)18-12-4-3-5-14(10-12)23-2/h3-10,17H,11H2,1-2H3,(H,18,19). The molecule has 0 heterocycles. The third-order valence-electron chi connectivity index (χ3n) is 3.15. The van der Waals surface area contributed by atoms with E-state index in [2.05, 4.69) is 10.0 Å². The SMILES string of the molecule is COc1ccc(S(=O)(=O)NCC(=O)Nc2cccc(SC)c2)cc1. The Hall–Kier alpha value is -2.03. The molecule has 0 aliphatic carbocycles. The highest BCUT2D eigenvalue weighted by Crippen LogP contribution is 2.19. The van der Waals surface area contributed by atoms with Crippen LogP contribution in [-0.2, 0) is 14.8 Å². The Kier molecular flexibility index (Phi) is 6.24. The smallest absolute Gasteiger partial charge is 0.241 e. The second kappa shape index (κ2) is 8.18. The number of amides is 1. The van der Waals surface area contributed by atoms with Crippen molar-refractivity contribution in [3.05, 3.63) is 48.5 Å². The summed E-state index contributed by atoms with van der Waals surface area (Å²) in [6.07, 6.45) is 1.93. The van der Waals surface area contributed by atoms with Gasteiger partial charge in [-0.25, -0.2) is 13.1 Å². The van der Waals surface area contributed by atoms with Gasteiger partial charge in [-0.1, -0.05) is 6.07 Å². The van der Waals surface area contributed by atoms with Crippen molar-refractivity contribution in [1.82, 2.24) is 4.72 Å². The summed E-state index contributed by atoms with van der Waals surface area (Å²) < 4.78 is 31.6. The van der Waals surface area contributed by atoms with Crippen LogP contribution in [0.3, 0.4) is 0 Å². The Labute approximate surface area is 145 Å². The van der Waals surface area contributed by atoms with Crippen LogP contribution < -0.4 is 14.8 Å². The number of ether oxygens (including phenoxy) is 1. The predicted molar refractivity (Wildman–Crippen MR) is 95.0 cm³/mol. The zero-order valence-corrected chi connectivity index (χ0v) is 14.9. The second-order valence-electron chi connectivity index (χ2n) is 4.78. The van der Waals surface area contributed by atoms with Crippen molar-refractivity contribution in [2.75, 3.05) is 25.2 Å². The third kappa shape index (κ3) is 4.98. The first-order chi connectivity index (χ1) is 11.4. The molecule has 2 aromatic carbocycles. The minimum absolute atomic E-state index is 0.0699. The summed E-state index contributed by atoms with van der Waals surface area (Å²) in [6, 6.07) is 13.2. The molecule has 0 aliphatic heterocycles. The zero-order chi connectivity index (χ0) is 17.6. The summed E-state index contributed by atoms with van der Waals surface area (Å²) in [4.78, 5) is 13.0. The van der Waals surface area contributed by atoms with E-state index in [0.717, 1.165) is 4.90 Å². The average molecular weight is 366 g/mol. The number of benzene rings is 2. The van der Waals surface area contributed by atoms with Crippen molar-refractivity contribution in [1.29, 1.82) is 0 Å². The molecule has 0 saturated heterocycles. The third-order valence-corrected chi connectivity index (χ3v) is 5.29. The summed E-state index contributed by atoms with van der Waals surface area (Å²) in [7, 11) is -2.26. The van der Waals surface area contributed by atoms with E-state index in [0.29, 0.717) is 11.4 Å². The Morgan fingerprint density at radius 1 is 1.17 bits per heavy atom. The van der Waals surface area contributed by atoms with Gasteiger partial charge in [0, 0.05) is 10.6 Å². The van der Waals surface area contributed by atoms with Gasteiger partial charge in [0.2, 0.25) is 15.9 Å². The fourth-order valence-corrected chi connectivity index (χ4v) is 3.35.